The minimum absolute atomic E-state index is 0.0903. The van der Waals surface area contributed by atoms with E-state index in [-0.39, 0.29) is 10.6 Å². The Labute approximate surface area is 158 Å². The van der Waals surface area contributed by atoms with E-state index in [1.807, 2.05) is 6.92 Å². The monoisotopic (exact) mass is 391 g/mol. The number of ether oxygens (including phenoxy) is 1. The van der Waals surface area contributed by atoms with Gasteiger partial charge < -0.3 is 10.1 Å². The Bertz CT molecular complexity index is 923. The SMILES string of the molecule is CCOc1ccc(Nc2ccc([N+](=O)[O-])cc2S(=O)(=O)N2CCCC2)cc1. The molecule has 8 nitrogen and oxygen atoms in total. The van der Waals surface area contributed by atoms with Gasteiger partial charge in [-0.1, -0.05) is 0 Å². The van der Waals surface area contributed by atoms with Gasteiger partial charge in [-0.25, -0.2) is 8.42 Å². The smallest absolute Gasteiger partial charge is 0.270 e. The number of benzene rings is 2. The van der Waals surface area contributed by atoms with Gasteiger partial charge in [0.25, 0.3) is 5.69 Å². The predicted molar refractivity (Wildman–Crippen MR) is 102 cm³/mol. The fourth-order valence-electron chi connectivity index (χ4n) is 2.97. The minimum Gasteiger partial charge on any atom is -0.494 e. The molecule has 1 aliphatic rings. The topological polar surface area (TPSA) is 102 Å². The molecule has 27 heavy (non-hydrogen) atoms. The fourth-order valence-corrected chi connectivity index (χ4v) is 4.65. The summed E-state index contributed by atoms with van der Waals surface area (Å²) in [6.07, 6.45) is 1.58. The Morgan fingerprint density at radius 1 is 1.15 bits per heavy atom. The van der Waals surface area contributed by atoms with E-state index in [1.54, 1.807) is 24.3 Å². The minimum atomic E-state index is -3.82. The maximum Gasteiger partial charge on any atom is 0.270 e. The van der Waals surface area contributed by atoms with Crippen LogP contribution in [0.15, 0.2) is 47.4 Å². The van der Waals surface area contributed by atoms with Crippen LogP contribution in [0.2, 0.25) is 0 Å². The number of hydrogen-bond acceptors (Lipinski definition) is 6. The average molecular weight is 391 g/mol. The van der Waals surface area contributed by atoms with Gasteiger partial charge in [0.2, 0.25) is 10.0 Å². The molecule has 2 aromatic rings. The number of nitrogens with one attached hydrogen (secondary N) is 1. The molecule has 1 aliphatic heterocycles. The quantitative estimate of drug-likeness (QED) is 0.572. The third-order valence-corrected chi connectivity index (χ3v) is 6.24. The lowest BCUT2D eigenvalue weighted by molar-refractivity contribution is -0.385. The number of anilines is 2. The summed E-state index contributed by atoms with van der Waals surface area (Å²) in [5.41, 5.74) is 0.701. The van der Waals surface area contributed by atoms with E-state index in [4.69, 9.17) is 4.74 Å². The van der Waals surface area contributed by atoms with Crippen LogP contribution in [0.1, 0.15) is 19.8 Å². The Balaban J connectivity index is 1.97. The number of non-ortho nitro benzene ring substituents is 1. The zero-order valence-electron chi connectivity index (χ0n) is 14.9. The first-order valence-corrected chi connectivity index (χ1v) is 10.1. The van der Waals surface area contributed by atoms with Gasteiger partial charge in [-0.2, -0.15) is 4.31 Å². The van der Waals surface area contributed by atoms with Gasteiger partial charge in [-0.3, -0.25) is 10.1 Å². The van der Waals surface area contributed by atoms with Crippen molar-refractivity contribution in [2.24, 2.45) is 0 Å². The molecule has 0 saturated carbocycles. The van der Waals surface area contributed by atoms with E-state index in [0.29, 0.717) is 36.8 Å². The predicted octanol–water partition coefficient (Wildman–Crippen LogP) is 3.52. The maximum absolute atomic E-state index is 13.0. The van der Waals surface area contributed by atoms with Gasteiger partial charge in [0, 0.05) is 30.9 Å². The molecule has 1 heterocycles. The van der Waals surface area contributed by atoms with Crippen molar-refractivity contribution in [3.63, 3.8) is 0 Å². The van der Waals surface area contributed by atoms with Gasteiger partial charge in [0.1, 0.15) is 10.6 Å². The van der Waals surface area contributed by atoms with E-state index in [2.05, 4.69) is 5.32 Å². The molecule has 144 valence electrons. The first-order chi connectivity index (χ1) is 12.9. The first kappa shape index (κ1) is 19.1. The lowest BCUT2D eigenvalue weighted by atomic mass is 10.2. The van der Waals surface area contributed by atoms with Crippen molar-refractivity contribution in [1.82, 2.24) is 4.31 Å². The highest BCUT2D eigenvalue weighted by Crippen LogP contribution is 2.32. The van der Waals surface area contributed by atoms with E-state index in [0.717, 1.165) is 18.9 Å². The number of nitro benzene ring substituents is 1. The number of hydrogen-bond donors (Lipinski definition) is 1. The van der Waals surface area contributed by atoms with Crippen molar-refractivity contribution in [3.8, 4) is 5.75 Å². The van der Waals surface area contributed by atoms with E-state index in [9.17, 15) is 18.5 Å². The summed E-state index contributed by atoms with van der Waals surface area (Å²) in [4.78, 5) is 10.4. The Kier molecular flexibility index (Phi) is 5.62. The fraction of sp³-hybridized carbons (Fsp3) is 0.333. The summed E-state index contributed by atoms with van der Waals surface area (Å²) in [5.74, 6) is 0.705. The zero-order chi connectivity index (χ0) is 19.4. The molecule has 0 atom stereocenters. The van der Waals surface area contributed by atoms with Crippen LogP contribution >= 0.6 is 0 Å². The lowest BCUT2D eigenvalue weighted by Gasteiger charge is -2.19. The van der Waals surface area contributed by atoms with Gasteiger partial charge in [0.05, 0.1) is 17.2 Å². The molecule has 0 radical (unpaired) electrons. The van der Waals surface area contributed by atoms with Crippen molar-refractivity contribution >= 4 is 27.1 Å². The number of rotatable bonds is 7. The van der Waals surface area contributed by atoms with Crippen molar-refractivity contribution in [2.45, 2.75) is 24.7 Å². The largest absolute Gasteiger partial charge is 0.494 e. The molecule has 0 aromatic heterocycles. The van der Waals surface area contributed by atoms with Gasteiger partial charge in [0.15, 0.2) is 0 Å². The molecule has 2 aromatic carbocycles. The van der Waals surface area contributed by atoms with Crippen LogP contribution in [0.3, 0.4) is 0 Å². The second-order valence-corrected chi connectivity index (χ2v) is 8.04. The lowest BCUT2D eigenvalue weighted by Crippen LogP contribution is -2.28. The second-order valence-electron chi connectivity index (χ2n) is 6.13. The van der Waals surface area contributed by atoms with Crippen LogP contribution in [0.5, 0.6) is 5.75 Å². The normalized spacial score (nSPS) is 14.9. The molecular formula is C18H21N3O5S. The van der Waals surface area contributed by atoms with Gasteiger partial charge >= 0.3 is 0 Å². The Morgan fingerprint density at radius 3 is 2.41 bits per heavy atom. The summed E-state index contributed by atoms with van der Waals surface area (Å²) >= 11 is 0. The van der Waals surface area contributed by atoms with Crippen molar-refractivity contribution in [3.05, 3.63) is 52.6 Å². The molecule has 0 unspecified atom stereocenters. The highest BCUT2D eigenvalue weighted by atomic mass is 32.2. The molecule has 0 aliphatic carbocycles. The number of sulfonamides is 1. The summed E-state index contributed by atoms with van der Waals surface area (Å²) in [6, 6.07) is 10.9. The van der Waals surface area contributed by atoms with Crippen LogP contribution in [0.25, 0.3) is 0 Å². The maximum atomic E-state index is 13.0. The molecule has 1 saturated heterocycles. The number of nitro groups is 1. The van der Waals surface area contributed by atoms with Crippen LogP contribution in [0, 0.1) is 10.1 Å². The summed E-state index contributed by atoms with van der Waals surface area (Å²) < 4.78 is 32.8. The summed E-state index contributed by atoms with van der Waals surface area (Å²) in [6.45, 7) is 3.28. The molecular weight excluding hydrogens is 370 g/mol. The molecule has 0 amide bonds. The third kappa shape index (κ3) is 4.20. The third-order valence-electron chi connectivity index (χ3n) is 4.30. The Hall–Kier alpha value is -2.65. The molecule has 0 spiro atoms. The second kappa shape index (κ2) is 7.93. The van der Waals surface area contributed by atoms with Crippen LogP contribution < -0.4 is 10.1 Å². The number of nitrogens with zero attached hydrogens (tertiary/aromatic N) is 2. The average Bonchev–Trinajstić information content (AvgIpc) is 3.19. The van der Waals surface area contributed by atoms with Crippen molar-refractivity contribution < 1.29 is 18.1 Å². The first-order valence-electron chi connectivity index (χ1n) is 8.70. The van der Waals surface area contributed by atoms with Gasteiger partial charge in [-0.05, 0) is 50.1 Å². The zero-order valence-corrected chi connectivity index (χ0v) is 15.7. The van der Waals surface area contributed by atoms with Crippen LogP contribution in [0.4, 0.5) is 17.1 Å². The highest BCUT2D eigenvalue weighted by Gasteiger charge is 2.31. The molecule has 1 fully saturated rings. The molecule has 1 N–H and O–H groups in total. The Morgan fingerprint density at radius 2 is 1.81 bits per heavy atom. The van der Waals surface area contributed by atoms with Crippen LogP contribution in [-0.4, -0.2) is 37.3 Å². The molecule has 0 bridgehead atoms. The van der Waals surface area contributed by atoms with Crippen LogP contribution in [-0.2, 0) is 10.0 Å². The summed E-state index contributed by atoms with van der Waals surface area (Å²) in [5, 5.41) is 14.2. The van der Waals surface area contributed by atoms with E-state index < -0.39 is 14.9 Å². The molecule has 3 rings (SSSR count). The highest BCUT2D eigenvalue weighted by molar-refractivity contribution is 7.89. The molecule has 9 heteroatoms. The summed E-state index contributed by atoms with van der Waals surface area (Å²) in [7, 11) is -3.82. The van der Waals surface area contributed by atoms with Crippen molar-refractivity contribution in [1.29, 1.82) is 0 Å². The van der Waals surface area contributed by atoms with E-state index in [1.165, 1.54) is 16.4 Å². The van der Waals surface area contributed by atoms with E-state index >= 15 is 0 Å². The van der Waals surface area contributed by atoms with Crippen molar-refractivity contribution in [2.75, 3.05) is 25.0 Å². The standard InChI is InChI=1S/C18H21N3O5S/c1-2-26-16-8-5-14(6-9-16)19-17-10-7-15(21(22)23)13-18(17)27(24,25)20-11-3-4-12-20/h5-10,13,19H,2-4,11-12H2,1H3. The van der Waals surface area contributed by atoms with Gasteiger partial charge in [-0.15, -0.1) is 0 Å².